The number of hydrogen-bond donors (Lipinski definition) is 1. The van der Waals surface area contributed by atoms with Crippen LogP contribution in [0.5, 0.6) is 0 Å². The topological polar surface area (TPSA) is 38.9 Å². The lowest BCUT2D eigenvalue weighted by molar-refractivity contribution is 0.321. The first-order valence-corrected chi connectivity index (χ1v) is 4.66. The summed E-state index contributed by atoms with van der Waals surface area (Å²) in [7, 11) is 0. The van der Waals surface area contributed by atoms with Crippen LogP contribution in [-0.4, -0.2) is 4.98 Å². The standard InChI is InChI=1S/C10H15ClN2/c1-10(2,3)9(12)8-7(11)5-4-6-13-8/h4-6,9H,12H2,1-3H3/t9-/m1/s1. The zero-order chi connectivity index (χ0) is 10.1. The van der Waals surface area contributed by atoms with Gasteiger partial charge in [0.1, 0.15) is 0 Å². The maximum absolute atomic E-state index is 6.03. The van der Waals surface area contributed by atoms with Crippen molar-refractivity contribution in [1.82, 2.24) is 4.98 Å². The molecule has 3 heteroatoms. The summed E-state index contributed by atoms with van der Waals surface area (Å²) in [5.41, 5.74) is 6.78. The molecule has 13 heavy (non-hydrogen) atoms. The minimum atomic E-state index is -0.124. The van der Waals surface area contributed by atoms with Gasteiger partial charge >= 0.3 is 0 Å². The van der Waals surface area contributed by atoms with Crippen molar-refractivity contribution in [2.75, 3.05) is 0 Å². The number of aromatic nitrogens is 1. The molecule has 0 spiro atoms. The summed E-state index contributed by atoms with van der Waals surface area (Å²) in [6, 6.07) is 3.50. The van der Waals surface area contributed by atoms with Gasteiger partial charge < -0.3 is 5.73 Å². The first-order valence-electron chi connectivity index (χ1n) is 4.29. The minimum Gasteiger partial charge on any atom is -0.322 e. The van der Waals surface area contributed by atoms with E-state index in [1.165, 1.54) is 0 Å². The molecule has 2 nitrogen and oxygen atoms in total. The van der Waals surface area contributed by atoms with Crippen molar-refractivity contribution in [2.24, 2.45) is 11.1 Å². The fourth-order valence-corrected chi connectivity index (χ4v) is 1.28. The molecule has 0 aliphatic rings. The molecule has 0 unspecified atom stereocenters. The fraction of sp³-hybridized carbons (Fsp3) is 0.500. The molecule has 0 aromatic carbocycles. The predicted octanol–water partition coefficient (Wildman–Crippen LogP) is 2.78. The molecule has 0 saturated carbocycles. The molecular weight excluding hydrogens is 184 g/mol. The molecule has 0 aliphatic carbocycles. The summed E-state index contributed by atoms with van der Waals surface area (Å²) >= 11 is 5.98. The van der Waals surface area contributed by atoms with E-state index >= 15 is 0 Å². The number of halogens is 1. The average Bonchev–Trinajstić information content (AvgIpc) is 2.02. The monoisotopic (exact) mass is 198 g/mol. The first kappa shape index (κ1) is 10.5. The summed E-state index contributed by atoms with van der Waals surface area (Å²) in [4.78, 5) is 4.19. The zero-order valence-electron chi connectivity index (χ0n) is 8.21. The van der Waals surface area contributed by atoms with Gasteiger partial charge in [0.25, 0.3) is 0 Å². The number of nitrogens with zero attached hydrogens (tertiary/aromatic N) is 1. The molecule has 1 aromatic heterocycles. The fourth-order valence-electron chi connectivity index (χ4n) is 1.04. The number of nitrogens with two attached hydrogens (primary N) is 1. The highest BCUT2D eigenvalue weighted by molar-refractivity contribution is 6.31. The second-order valence-electron chi connectivity index (χ2n) is 4.21. The van der Waals surface area contributed by atoms with Crippen molar-refractivity contribution in [1.29, 1.82) is 0 Å². The third kappa shape index (κ3) is 2.42. The van der Waals surface area contributed by atoms with Gasteiger partial charge in [-0.25, -0.2) is 0 Å². The van der Waals surface area contributed by atoms with Crippen LogP contribution < -0.4 is 5.73 Å². The lowest BCUT2D eigenvalue weighted by Gasteiger charge is -2.26. The largest absolute Gasteiger partial charge is 0.322 e. The van der Waals surface area contributed by atoms with E-state index in [4.69, 9.17) is 17.3 Å². The van der Waals surface area contributed by atoms with E-state index in [1.807, 2.05) is 6.07 Å². The van der Waals surface area contributed by atoms with Crippen LogP contribution in [0.15, 0.2) is 18.3 Å². The second-order valence-corrected chi connectivity index (χ2v) is 4.62. The van der Waals surface area contributed by atoms with Crippen molar-refractivity contribution in [3.8, 4) is 0 Å². The van der Waals surface area contributed by atoms with Crippen LogP contribution in [0.3, 0.4) is 0 Å². The molecule has 0 bridgehead atoms. The van der Waals surface area contributed by atoms with Gasteiger partial charge in [-0.05, 0) is 17.5 Å². The summed E-state index contributed by atoms with van der Waals surface area (Å²) < 4.78 is 0. The van der Waals surface area contributed by atoms with Crippen LogP contribution >= 0.6 is 11.6 Å². The quantitative estimate of drug-likeness (QED) is 0.754. The van der Waals surface area contributed by atoms with Gasteiger partial charge in [-0.2, -0.15) is 0 Å². The third-order valence-electron chi connectivity index (χ3n) is 2.01. The van der Waals surface area contributed by atoms with E-state index < -0.39 is 0 Å². The summed E-state index contributed by atoms with van der Waals surface area (Å²) in [5, 5.41) is 0.643. The highest BCUT2D eigenvalue weighted by atomic mass is 35.5. The molecule has 0 saturated heterocycles. The second kappa shape index (κ2) is 3.64. The molecule has 0 amide bonds. The van der Waals surface area contributed by atoms with Gasteiger partial charge in [0, 0.05) is 6.20 Å². The van der Waals surface area contributed by atoms with Crippen LogP contribution in [0.2, 0.25) is 5.02 Å². The van der Waals surface area contributed by atoms with E-state index in [9.17, 15) is 0 Å². The highest BCUT2D eigenvalue weighted by Crippen LogP contribution is 2.32. The van der Waals surface area contributed by atoms with E-state index in [2.05, 4.69) is 25.8 Å². The van der Waals surface area contributed by atoms with E-state index in [-0.39, 0.29) is 11.5 Å². The van der Waals surface area contributed by atoms with Crippen molar-refractivity contribution in [2.45, 2.75) is 26.8 Å². The Morgan fingerprint density at radius 2 is 2.08 bits per heavy atom. The Hall–Kier alpha value is -0.600. The Balaban J connectivity index is 3.02. The van der Waals surface area contributed by atoms with Gasteiger partial charge in [0.05, 0.1) is 16.8 Å². The Kier molecular flexibility index (Phi) is 2.94. The SMILES string of the molecule is CC(C)(C)[C@H](N)c1ncccc1Cl. The van der Waals surface area contributed by atoms with Crippen LogP contribution in [0.25, 0.3) is 0 Å². The Morgan fingerprint density at radius 3 is 2.54 bits per heavy atom. The van der Waals surface area contributed by atoms with E-state index in [0.717, 1.165) is 5.69 Å². The van der Waals surface area contributed by atoms with Crippen molar-refractivity contribution >= 4 is 11.6 Å². The van der Waals surface area contributed by atoms with Crippen LogP contribution in [0.4, 0.5) is 0 Å². The van der Waals surface area contributed by atoms with Crippen LogP contribution in [0.1, 0.15) is 32.5 Å². The summed E-state index contributed by atoms with van der Waals surface area (Å²) in [6.07, 6.45) is 1.72. The summed E-state index contributed by atoms with van der Waals surface area (Å²) in [6.45, 7) is 6.22. The molecule has 1 rings (SSSR count). The van der Waals surface area contributed by atoms with Gasteiger partial charge in [-0.1, -0.05) is 32.4 Å². The highest BCUT2D eigenvalue weighted by Gasteiger charge is 2.24. The molecule has 0 fully saturated rings. The zero-order valence-corrected chi connectivity index (χ0v) is 8.97. The molecular formula is C10H15ClN2. The Labute approximate surface area is 84.1 Å². The summed E-state index contributed by atoms with van der Waals surface area (Å²) in [5.74, 6) is 0. The predicted molar refractivity (Wildman–Crippen MR) is 55.6 cm³/mol. The third-order valence-corrected chi connectivity index (χ3v) is 2.33. The normalized spacial score (nSPS) is 14.2. The molecule has 0 radical (unpaired) electrons. The lowest BCUT2D eigenvalue weighted by Crippen LogP contribution is -2.27. The molecule has 72 valence electrons. The van der Waals surface area contributed by atoms with Crippen LogP contribution in [0, 0.1) is 5.41 Å². The number of pyridine rings is 1. The average molecular weight is 199 g/mol. The van der Waals surface area contributed by atoms with Gasteiger partial charge in [-0.15, -0.1) is 0 Å². The van der Waals surface area contributed by atoms with E-state index in [1.54, 1.807) is 12.3 Å². The Bertz CT molecular complexity index is 291. The maximum atomic E-state index is 6.03. The minimum absolute atomic E-state index is 0.0159. The number of hydrogen-bond acceptors (Lipinski definition) is 2. The van der Waals surface area contributed by atoms with Crippen molar-refractivity contribution in [3.05, 3.63) is 29.0 Å². The van der Waals surface area contributed by atoms with Crippen molar-refractivity contribution in [3.63, 3.8) is 0 Å². The molecule has 1 aromatic rings. The van der Waals surface area contributed by atoms with Crippen molar-refractivity contribution < 1.29 is 0 Å². The molecule has 1 heterocycles. The first-order chi connectivity index (χ1) is 5.93. The molecule has 2 N–H and O–H groups in total. The molecule has 0 aliphatic heterocycles. The van der Waals surface area contributed by atoms with Crippen LogP contribution in [-0.2, 0) is 0 Å². The lowest BCUT2D eigenvalue weighted by atomic mass is 9.85. The van der Waals surface area contributed by atoms with Gasteiger partial charge in [0.15, 0.2) is 0 Å². The van der Waals surface area contributed by atoms with Gasteiger partial charge in [0.2, 0.25) is 0 Å². The molecule has 1 atom stereocenters. The smallest absolute Gasteiger partial charge is 0.0762 e. The van der Waals surface area contributed by atoms with Gasteiger partial charge in [-0.3, -0.25) is 4.98 Å². The van der Waals surface area contributed by atoms with E-state index in [0.29, 0.717) is 5.02 Å². The maximum Gasteiger partial charge on any atom is 0.0762 e. The number of rotatable bonds is 1. The Morgan fingerprint density at radius 1 is 1.46 bits per heavy atom.